The van der Waals surface area contributed by atoms with Gasteiger partial charge in [-0.2, -0.15) is 0 Å². The fraction of sp³-hybridized carbons (Fsp3) is 0.375. The summed E-state index contributed by atoms with van der Waals surface area (Å²) in [5.74, 6) is 1.87. The molecule has 0 bridgehead atoms. The zero-order valence-electron chi connectivity index (χ0n) is 11.1. The summed E-state index contributed by atoms with van der Waals surface area (Å²) in [7, 11) is 0. The Hall–Kier alpha value is -1.70. The highest BCUT2D eigenvalue weighted by molar-refractivity contribution is 5.93. The van der Waals surface area contributed by atoms with Gasteiger partial charge in [-0.1, -0.05) is 37.6 Å². The molecule has 0 saturated heterocycles. The predicted octanol–water partition coefficient (Wildman–Crippen LogP) is 4.42. The van der Waals surface area contributed by atoms with Crippen molar-refractivity contribution in [2.75, 3.05) is 13.2 Å². The second-order valence-corrected chi connectivity index (χ2v) is 4.24. The minimum absolute atomic E-state index is 0.681. The van der Waals surface area contributed by atoms with Crippen LogP contribution in [-0.4, -0.2) is 13.2 Å². The molecule has 0 aliphatic heterocycles. The third kappa shape index (κ3) is 2.76. The third-order valence-electron chi connectivity index (χ3n) is 2.90. The lowest BCUT2D eigenvalue weighted by atomic mass is 10.1. The second kappa shape index (κ2) is 6.29. The Labute approximate surface area is 109 Å². The molecule has 0 N–H and O–H groups in total. The topological polar surface area (TPSA) is 18.5 Å². The Balaban J connectivity index is 2.34. The van der Waals surface area contributed by atoms with Crippen molar-refractivity contribution in [3.63, 3.8) is 0 Å². The zero-order chi connectivity index (χ0) is 12.8. The molecule has 0 aliphatic rings. The monoisotopic (exact) mass is 244 g/mol. The quantitative estimate of drug-likeness (QED) is 0.700. The van der Waals surface area contributed by atoms with Crippen LogP contribution in [0.2, 0.25) is 0 Å². The Kier molecular flexibility index (Phi) is 4.46. The van der Waals surface area contributed by atoms with E-state index in [9.17, 15) is 0 Å². The minimum atomic E-state index is 0.681. The molecule has 0 radical (unpaired) electrons. The molecule has 0 aliphatic carbocycles. The van der Waals surface area contributed by atoms with Gasteiger partial charge in [0.2, 0.25) is 0 Å². The van der Waals surface area contributed by atoms with Crippen LogP contribution in [0.15, 0.2) is 36.4 Å². The van der Waals surface area contributed by atoms with Crippen LogP contribution in [0, 0.1) is 0 Å². The summed E-state index contributed by atoms with van der Waals surface area (Å²) in [4.78, 5) is 0. The number of hydrogen-bond acceptors (Lipinski definition) is 2. The van der Waals surface area contributed by atoms with Crippen LogP contribution in [-0.2, 0) is 0 Å². The predicted molar refractivity (Wildman–Crippen MR) is 75.5 cm³/mol. The van der Waals surface area contributed by atoms with Gasteiger partial charge in [-0.05, 0) is 25.5 Å². The van der Waals surface area contributed by atoms with Crippen molar-refractivity contribution in [1.82, 2.24) is 0 Å². The van der Waals surface area contributed by atoms with Crippen molar-refractivity contribution in [3.05, 3.63) is 36.4 Å². The summed E-state index contributed by atoms with van der Waals surface area (Å²) in [6.45, 7) is 5.62. The molecule has 2 aromatic carbocycles. The van der Waals surface area contributed by atoms with Gasteiger partial charge in [0.15, 0.2) is 0 Å². The van der Waals surface area contributed by atoms with Crippen LogP contribution in [0.1, 0.15) is 26.7 Å². The van der Waals surface area contributed by atoms with Gasteiger partial charge in [-0.25, -0.2) is 0 Å². The molecule has 0 fully saturated rings. The molecular formula is C16H20O2. The number of benzene rings is 2. The van der Waals surface area contributed by atoms with Crippen LogP contribution < -0.4 is 9.47 Å². The van der Waals surface area contributed by atoms with E-state index < -0.39 is 0 Å². The van der Waals surface area contributed by atoms with Crippen molar-refractivity contribution < 1.29 is 9.47 Å². The molecule has 2 nitrogen and oxygen atoms in total. The van der Waals surface area contributed by atoms with E-state index in [2.05, 4.69) is 19.1 Å². The molecule has 18 heavy (non-hydrogen) atoms. The van der Waals surface area contributed by atoms with Gasteiger partial charge in [-0.15, -0.1) is 0 Å². The van der Waals surface area contributed by atoms with Gasteiger partial charge in [0.1, 0.15) is 11.5 Å². The Morgan fingerprint density at radius 1 is 0.833 bits per heavy atom. The largest absolute Gasteiger partial charge is 0.493 e. The molecule has 0 spiro atoms. The van der Waals surface area contributed by atoms with Crippen LogP contribution in [0.25, 0.3) is 10.8 Å². The highest BCUT2D eigenvalue weighted by atomic mass is 16.5. The number of hydrogen-bond donors (Lipinski definition) is 0. The Morgan fingerprint density at radius 2 is 1.44 bits per heavy atom. The molecule has 0 aromatic heterocycles. The lowest BCUT2D eigenvalue weighted by Gasteiger charge is -2.12. The van der Waals surface area contributed by atoms with E-state index in [0.717, 1.165) is 41.7 Å². The van der Waals surface area contributed by atoms with Crippen LogP contribution in [0.3, 0.4) is 0 Å². The molecular weight excluding hydrogens is 224 g/mol. The summed E-state index contributed by atoms with van der Waals surface area (Å²) in [6, 6.07) is 12.2. The molecule has 2 aromatic rings. The summed E-state index contributed by atoms with van der Waals surface area (Å²) in [5, 5.41) is 2.24. The van der Waals surface area contributed by atoms with Gasteiger partial charge >= 0.3 is 0 Å². The molecule has 0 heterocycles. The molecule has 0 unspecified atom stereocenters. The fourth-order valence-electron chi connectivity index (χ4n) is 1.98. The maximum absolute atomic E-state index is 5.84. The summed E-state index contributed by atoms with van der Waals surface area (Å²) >= 11 is 0. The van der Waals surface area contributed by atoms with Crippen LogP contribution in [0.4, 0.5) is 0 Å². The molecule has 0 atom stereocenters. The second-order valence-electron chi connectivity index (χ2n) is 4.24. The zero-order valence-corrected chi connectivity index (χ0v) is 11.1. The van der Waals surface area contributed by atoms with Crippen LogP contribution >= 0.6 is 0 Å². The van der Waals surface area contributed by atoms with E-state index in [1.165, 1.54) is 0 Å². The summed E-state index contributed by atoms with van der Waals surface area (Å²) in [5.41, 5.74) is 0. The van der Waals surface area contributed by atoms with E-state index in [1.54, 1.807) is 0 Å². The van der Waals surface area contributed by atoms with Gasteiger partial charge in [0.05, 0.1) is 13.2 Å². The van der Waals surface area contributed by atoms with E-state index in [1.807, 2.05) is 31.2 Å². The standard InChI is InChI=1S/C16H20O2/c1-3-5-12-18-16-11-10-15(17-4-2)13-8-6-7-9-14(13)16/h6-11H,3-5,12H2,1-2H3. The third-order valence-corrected chi connectivity index (χ3v) is 2.90. The maximum Gasteiger partial charge on any atom is 0.127 e. The average Bonchev–Trinajstić information content (AvgIpc) is 2.41. The maximum atomic E-state index is 5.84. The van der Waals surface area contributed by atoms with E-state index in [0.29, 0.717) is 6.61 Å². The summed E-state index contributed by atoms with van der Waals surface area (Å²) < 4.78 is 11.5. The highest BCUT2D eigenvalue weighted by Gasteiger charge is 2.06. The normalized spacial score (nSPS) is 10.6. The average molecular weight is 244 g/mol. The van der Waals surface area contributed by atoms with Crippen molar-refractivity contribution in [1.29, 1.82) is 0 Å². The fourth-order valence-corrected chi connectivity index (χ4v) is 1.98. The first kappa shape index (κ1) is 12.7. The smallest absolute Gasteiger partial charge is 0.127 e. The Bertz CT molecular complexity index is 505. The highest BCUT2D eigenvalue weighted by Crippen LogP contribution is 2.33. The number of ether oxygens (including phenoxy) is 2. The van der Waals surface area contributed by atoms with E-state index >= 15 is 0 Å². The first-order valence-corrected chi connectivity index (χ1v) is 6.64. The van der Waals surface area contributed by atoms with Gasteiger partial charge in [0, 0.05) is 10.8 Å². The summed E-state index contributed by atoms with van der Waals surface area (Å²) in [6.07, 6.45) is 2.23. The molecule has 96 valence electrons. The lowest BCUT2D eigenvalue weighted by Crippen LogP contribution is -1.98. The number of unbranched alkanes of at least 4 members (excludes halogenated alkanes) is 1. The molecule has 0 amide bonds. The molecule has 2 rings (SSSR count). The van der Waals surface area contributed by atoms with Crippen molar-refractivity contribution in [2.24, 2.45) is 0 Å². The number of rotatable bonds is 6. The van der Waals surface area contributed by atoms with E-state index in [4.69, 9.17) is 9.47 Å². The molecule has 2 heteroatoms. The number of fused-ring (bicyclic) bond motifs is 1. The first-order chi connectivity index (χ1) is 8.86. The SMILES string of the molecule is CCCCOc1ccc(OCC)c2ccccc12. The van der Waals surface area contributed by atoms with Gasteiger partial charge in [-0.3, -0.25) is 0 Å². The van der Waals surface area contributed by atoms with Crippen molar-refractivity contribution >= 4 is 10.8 Å². The molecule has 0 saturated carbocycles. The van der Waals surface area contributed by atoms with Gasteiger partial charge in [0.25, 0.3) is 0 Å². The van der Waals surface area contributed by atoms with Crippen LogP contribution in [0.5, 0.6) is 11.5 Å². The van der Waals surface area contributed by atoms with Gasteiger partial charge < -0.3 is 9.47 Å². The van der Waals surface area contributed by atoms with Crippen molar-refractivity contribution in [3.8, 4) is 11.5 Å². The first-order valence-electron chi connectivity index (χ1n) is 6.64. The minimum Gasteiger partial charge on any atom is -0.493 e. The lowest BCUT2D eigenvalue weighted by molar-refractivity contribution is 0.311. The van der Waals surface area contributed by atoms with Crippen molar-refractivity contribution in [2.45, 2.75) is 26.7 Å². The van der Waals surface area contributed by atoms with E-state index in [-0.39, 0.29) is 0 Å². The Morgan fingerprint density at radius 3 is 2.00 bits per heavy atom.